The van der Waals surface area contributed by atoms with Crippen LogP contribution in [0.4, 0.5) is 0 Å². The molecule has 0 unspecified atom stereocenters. The molecule has 1 saturated heterocycles. The lowest BCUT2D eigenvalue weighted by molar-refractivity contribution is -0.132. The highest BCUT2D eigenvalue weighted by Crippen LogP contribution is 2.26. The van der Waals surface area contributed by atoms with Gasteiger partial charge in [0.15, 0.2) is 9.84 Å². The van der Waals surface area contributed by atoms with Crippen molar-refractivity contribution in [1.29, 1.82) is 0 Å². The Morgan fingerprint density at radius 3 is 2.59 bits per heavy atom. The number of rotatable bonds is 7. The molecule has 1 aromatic rings. The Bertz CT molecular complexity index is 744. The van der Waals surface area contributed by atoms with E-state index in [-0.39, 0.29) is 30.5 Å². The highest BCUT2D eigenvalue weighted by Gasteiger charge is 2.25. The number of sulfone groups is 1. The smallest absolute Gasteiger partial charge is 0.223 e. The molecular formula is C20H31ClN2O3S. The molecule has 0 bridgehead atoms. The first kappa shape index (κ1) is 22.2. The van der Waals surface area contributed by atoms with Crippen molar-refractivity contribution in [2.75, 3.05) is 32.4 Å². The van der Waals surface area contributed by atoms with Crippen molar-refractivity contribution in [3.05, 3.63) is 29.3 Å². The van der Waals surface area contributed by atoms with E-state index in [0.29, 0.717) is 10.8 Å². The number of halogens is 1. The zero-order valence-corrected chi connectivity index (χ0v) is 17.7. The number of fused-ring (bicyclic) bond motifs is 1. The number of aryl methyl sites for hydroxylation is 2. The predicted molar refractivity (Wildman–Crippen MR) is 110 cm³/mol. The summed E-state index contributed by atoms with van der Waals surface area (Å²) in [6.45, 7) is 2.52. The molecule has 0 aromatic heterocycles. The molecule has 1 amide bonds. The van der Waals surface area contributed by atoms with Gasteiger partial charge in [0.05, 0.1) is 10.6 Å². The van der Waals surface area contributed by atoms with E-state index in [1.54, 1.807) is 6.07 Å². The zero-order valence-electron chi connectivity index (χ0n) is 16.1. The lowest BCUT2D eigenvalue weighted by Crippen LogP contribution is -2.39. The third kappa shape index (κ3) is 5.69. The molecule has 1 N–H and O–H groups in total. The van der Waals surface area contributed by atoms with E-state index in [4.69, 9.17) is 0 Å². The maximum absolute atomic E-state index is 12.6. The van der Waals surface area contributed by atoms with Crippen molar-refractivity contribution in [3.8, 4) is 0 Å². The first-order valence-electron chi connectivity index (χ1n) is 9.76. The molecule has 0 atom stereocenters. The van der Waals surface area contributed by atoms with Crippen molar-refractivity contribution in [1.82, 2.24) is 10.2 Å². The largest absolute Gasteiger partial charge is 0.343 e. The summed E-state index contributed by atoms with van der Waals surface area (Å²) in [6.07, 6.45) is 6.36. The topological polar surface area (TPSA) is 66.5 Å². The van der Waals surface area contributed by atoms with Gasteiger partial charge in [-0.1, -0.05) is 6.07 Å². The van der Waals surface area contributed by atoms with Gasteiger partial charge < -0.3 is 10.2 Å². The zero-order chi connectivity index (χ0) is 18.6. The monoisotopic (exact) mass is 414 g/mol. The summed E-state index contributed by atoms with van der Waals surface area (Å²) in [6, 6.07) is 5.46. The number of nitrogens with one attached hydrogen (secondary N) is 1. The number of hydrogen-bond donors (Lipinski definition) is 1. The summed E-state index contributed by atoms with van der Waals surface area (Å²) in [5, 5.41) is 3.17. The SMILES string of the molecule is CNCCC1CCN(C(=O)CCS(=O)(=O)c2ccc3c(c2)CCC3)CC1.Cl. The predicted octanol–water partition coefficient (Wildman–Crippen LogP) is 2.61. The van der Waals surface area contributed by atoms with Gasteiger partial charge in [-0.15, -0.1) is 12.4 Å². The summed E-state index contributed by atoms with van der Waals surface area (Å²) in [7, 11) is -1.44. The van der Waals surface area contributed by atoms with E-state index in [1.165, 1.54) is 5.56 Å². The second kappa shape index (κ2) is 9.89. The van der Waals surface area contributed by atoms with Crippen molar-refractivity contribution >= 4 is 28.2 Å². The fourth-order valence-corrected chi connectivity index (χ4v) is 5.34. The number of hydrogen-bond acceptors (Lipinski definition) is 4. The lowest BCUT2D eigenvalue weighted by atomic mass is 9.93. The summed E-state index contributed by atoms with van der Waals surface area (Å²) in [5.74, 6) is 0.549. The highest BCUT2D eigenvalue weighted by atomic mass is 35.5. The van der Waals surface area contributed by atoms with Gasteiger partial charge in [0.25, 0.3) is 0 Å². The minimum absolute atomic E-state index is 0. The maximum atomic E-state index is 12.6. The van der Waals surface area contributed by atoms with E-state index >= 15 is 0 Å². The number of carbonyl (C=O) groups is 1. The second-order valence-electron chi connectivity index (χ2n) is 7.57. The van der Waals surface area contributed by atoms with Gasteiger partial charge in [0.2, 0.25) is 5.91 Å². The van der Waals surface area contributed by atoms with Gasteiger partial charge in [-0.3, -0.25) is 4.79 Å². The molecule has 0 saturated carbocycles. The minimum atomic E-state index is -3.39. The van der Waals surface area contributed by atoms with Crippen LogP contribution in [0.5, 0.6) is 0 Å². The molecule has 152 valence electrons. The normalized spacial score (nSPS) is 17.4. The van der Waals surface area contributed by atoms with Crippen LogP contribution in [0.3, 0.4) is 0 Å². The quantitative estimate of drug-likeness (QED) is 0.744. The van der Waals surface area contributed by atoms with Crippen LogP contribution in [0.15, 0.2) is 23.1 Å². The number of piperidine rings is 1. The molecule has 1 heterocycles. The average Bonchev–Trinajstić information content (AvgIpc) is 3.13. The third-order valence-corrected chi connectivity index (χ3v) is 7.50. The molecule has 1 fully saturated rings. The number of benzene rings is 1. The van der Waals surface area contributed by atoms with Gasteiger partial charge in [0.1, 0.15) is 0 Å². The summed E-state index contributed by atoms with van der Waals surface area (Å²) in [4.78, 5) is 14.6. The molecule has 0 radical (unpaired) electrons. The Labute approximate surface area is 169 Å². The number of likely N-dealkylation sites (tertiary alicyclic amines) is 1. The molecule has 27 heavy (non-hydrogen) atoms. The van der Waals surface area contributed by atoms with Crippen molar-refractivity contribution in [3.63, 3.8) is 0 Å². The Hall–Kier alpha value is -1.11. The molecule has 1 aliphatic heterocycles. The van der Waals surface area contributed by atoms with Gasteiger partial charge in [-0.25, -0.2) is 8.42 Å². The number of carbonyl (C=O) groups excluding carboxylic acids is 1. The Kier molecular flexibility index (Phi) is 8.13. The molecule has 1 aromatic carbocycles. The van der Waals surface area contributed by atoms with Crippen LogP contribution in [-0.2, 0) is 27.5 Å². The van der Waals surface area contributed by atoms with Crippen molar-refractivity contribution in [2.24, 2.45) is 5.92 Å². The van der Waals surface area contributed by atoms with Crippen molar-refractivity contribution < 1.29 is 13.2 Å². The Morgan fingerprint density at radius 2 is 1.89 bits per heavy atom. The van der Waals surface area contributed by atoms with Crippen LogP contribution in [-0.4, -0.2) is 51.7 Å². The molecule has 5 nitrogen and oxygen atoms in total. The summed E-state index contributed by atoms with van der Waals surface area (Å²) >= 11 is 0. The first-order chi connectivity index (χ1) is 12.5. The third-order valence-electron chi connectivity index (χ3n) is 5.78. The Morgan fingerprint density at radius 1 is 1.19 bits per heavy atom. The van der Waals surface area contributed by atoms with Crippen LogP contribution in [0.25, 0.3) is 0 Å². The fraction of sp³-hybridized carbons (Fsp3) is 0.650. The molecule has 7 heteroatoms. The molecule has 0 spiro atoms. The van der Waals surface area contributed by atoms with Crippen LogP contribution in [0.1, 0.15) is 43.2 Å². The number of nitrogens with zero attached hydrogens (tertiary/aromatic N) is 1. The van der Waals surface area contributed by atoms with E-state index in [0.717, 1.165) is 63.7 Å². The molecule has 1 aliphatic carbocycles. The van der Waals surface area contributed by atoms with Gasteiger partial charge >= 0.3 is 0 Å². The van der Waals surface area contributed by atoms with Crippen molar-refractivity contribution in [2.45, 2.75) is 49.8 Å². The standard InChI is InChI=1S/C20H30N2O3S.ClH/c1-21-11-7-16-8-12-22(13-9-16)20(23)10-14-26(24,25)19-6-5-17-3-2-4-18(17)15-19;/h5-6,15-16,21H,2-4,7-14H2,1H3;1H. The number of amides is 1. The van der Waals surface area contributed by atoms with Crippen LogP contribution in [0.2, 0.25) is 0 Å². The highest BCUT2D eigenvalue weighted by molar-refractivity contribution is 7.91. The maximum Gasteiger partial charge on any atom is 0.223 e. The van der Waals surface area contributed by atoms with Gasteiger partial charge in [0, 0.05) is 19.5 Å². The van der Waals surface area contributed by atoms with E-state index < -0.39 is 9.84 Å². The first-order valence-corrected chi connectivity index (χ1v) is 11.4. The van der Waals surface area contributed by atoms with Crippen LogP contribution < -0.4 is 5.32 Å². The van der Waals surface area contributed by atoms with Crippen LogP contribution >= 0.6 is 12.4 Å². The van der Waals surface area contributed by atoms with Gasteiger partial charge in [-0.2, -0.15) is 0 Å². The fourth-order valence-electron chi connectivity index (χ4n) is 4.06. The molecule has 3 rings (SSSR count). The van der Waals surface area contributed by atoms with E-state index in [2.05, 4.69) is 5.32 Å². The summed E-state index contributed by atoms with van der Waals surface area (Å²) < 4.78 is 25.2. The van der Waals surface area contributed by atoms with Gasteiger partial charge in [-0.05, 0) is 81.3 Å². The van der Waals surface area contributed by atoms with Crippen LogP contribution in [0, 0.1) is 5.92 Å². The summed E-state index contributed by atoms with van der Waals surface area (Å²) in [5.41, 5.74) is 2.42. The van der Waals surface area contributed by atoms with E-state index in [9.17, 15) is 13.2 Å². The molecule has 2 aliphatic rings. The average molecular weight is 415 g/mol. The lowest BCUT2D eigenvalue weighted by Gasteiger charge is -2.32. The second-order valence-corrected chi connectivity index (χ2v) is 9.68. The molecular weight excluding hydrogens is 384 g/mol. The Balaban J connectivity index is 0.00000261. The van der Waals surface area contributed by atoms with E-state index in [1.807, 2.05) is 24.1 Å². The minimum Gasteiger partial charge on any atom is -0.343 e.